The Morgan fingerprint density at radius 3 is 1.30 bits per heavy atom. The Morgan fingerprint density at radius 1 is 0.758 bits per heavy atom. The molecule has 0 atom stereocenters. The van der Waals surface area contributed by atoms with Crippen LogP contribution in [0.5, 0.6) is 0 Å². The van der Waals surface area contributed by atoms with Crippen molar-refractivity contribution in [2.75, 3.05) is 13.2 Å². The Morgan fingerprint density at radius 2 is 1.06 bits per heavy atom. The minimum Gasteiger partial charge on any atom is -0.456 e. The zero-order valence-corrected chi connectivity index (χ0v) is 15.6. The number of aliphatic hydroxyl groups is 1. The molecule has 0 spiro atoms. The highest BCUT2D eigenvalue weighted by atomic mass is 19.4. The molecule has 19 heteroatoms. The van der Waals surface area contributed by atoms with Crippen molar-refractivity contribution in [3.05, 3.63) is 12.2 Å². The van der Waals surface area contributed by atoms with Crippen LogP contribution >= 0.6 is 0 Å². The van der Waals surface area contributed by atoms with Gasteiger partial charge >= 0.3 is 54.4 Å². The topological polar surface area (TPSA) is 46.5 Å². The van der Waals surface area contributed by atoms with Gasteiger partial charge in [0.25, 0.3) is 0 Å². The Labute approximate surface area is 173 Å². The number of hydrogen-bond donors (Lipinski definition) is 1. The number of rotatable bonds is 10. The summed E-state index contributed by atoms with van der Waals surface area (Å²) >= 11 is 0. The lowest BCUT2D eigenvalue weighted by molar-refractivity contribution is -0.344. The van der Waals surface area contributed by atoms with Crippen molar-refractivity contribution in [1.82, 2.24) is 0 Å². The highest BCUT2D eigenvalue weighted by Gasteiger charge is 2.76. The van der Waals surface area contributed by atoms with Crippen LogP contribution in [0.1, 0.15) is 6.92 Å². The molecular weight excluding hydrogens is 520 g/mol. The summed E-state index contributed by atoms with van der Waals surface area (Å²) in [5, 5.41) is 7.67. The quantitative estimate of drug-likeness (QED) is 0.232. The number of aliphatic hydroxyl groups excluding tert-OH is 1. The summed E-state index contributed by atoms with van der Waals surface area (Å²) in [5.74, 6) is -38.0. The van der Waals surface area contributed by atoms with Crippen LogP contribution < -0.4 is 0 Å². The van der Waals surface area contributed by atoms with Crippen LogP contribution in [0.2, 0.25) is 0 Å². The van der Waals surface area contributed by atoms with Gasteiger partial charge in [-0.2, -0.15) is 52.7 Å². The second kappa shape index (κ2) is 10.5. The lowest BCUT2D eigenvalue weighted by Gasteiger charge is -2.31. The molecule has 0 saturated carbocycles. The minimum absolute atomic E-state index is 0.459. The molecule has 0 bridgehead atoms. The van der Waals surface area contributed by atoms with Crippen molar-refractivity contribution < 1.29 is 84.9 Å². The van der Waals surface area contributed by atoms with Crippen molar-refractivity contribution >= 4 is 5.97 Å². The average Bonchev–Trinajstić information content (AvgIpc) is 2.65. The summed E-state index contributed by atoms with van der Waals surface area (Å²) in [6.07, 6.45) is -9.96. The Hall–Kier alpha value is -1.95. The fourth-order valence-corrected chi connectivity index (χ4v) is 1.23. The Bertz CT molecular complexity index is 673. The molecule has 0 unspecified atom stereocenters. The van der Waals surface area contributed by atoms with Gasteiger partial charge in [0, 0.05) is 5.57 Å². The van der Waals surface area contributed by atoms with E-state index in [4.69, 9.17) is 5.11 Å². The summed E-state index contributed by atoms with van der Waals surface area (Å²) in [6, 6.07) is 0. The van der Waals surface area contributed by atoms with E-state index in [2.05, 4.69) is 11.3 Å². The van der Waals surface area contributed by atoms with E-state index in [0.29, 0.717) is 0 Å². The molecule has 0 radical (unpaired) electrons. The maximum Gasteiger partial charge on any atom is 0.381 e. The lowest BCUT2D eigenvalue weighted by atomic mass is 10.1. The monoisotopic (exact) mass is 532 g/mol. The number of hydrogen-bond acceptors (Lipinski definition) is 3. The molecule has 33 heavy (non-hydrogen) atoms. The fraction of sp³-hybridized carbons (Fsp3) is 0.786. The normalized spacial score (nSPS) is 14.2. The van der Waals surface area contributed by atoms with Crippen molar-refractivity contribution in [3.8, 4) is 0 Å². The molecule has 0 rings (SSSR count). The first-order chi connectivity index (χ1) is 14.3. The van der Waals surface area contributed by atoms with Gasteiger partial charge < -0.3 is 9.84 Å². The van der Waals surface area contributed by atoms with Crippen LogP contribution in [0, 0.1) is 0 Å². The third-order valence-electron chi connectivity index (χ3n) is 3.24. The van der Waals surface area contributed by atoms with Gasteiger partial charge in [-0.3, -0.25) is 0 Å². The molecule has 0 heterocycles. The van der Waals surface area contributed by atoms with Crippen LogP contribution in [-0.2, 0) is 9.53 Å². The number of carbonyl (C=O) groups is 1. The molecular formula is C14H12F16O3. The Balaban J connectivity index is 0. The van der Waals surface area contributed by atoms with Gasteiger partial charge in [-0.05, 0) is 6.92 Å². The second-order valence-corrected chi connectivity index (χ2v) is 5.92. The van der Waals surface area contributed by atoms with E-state index in [9.17, 15) is 75.0 Å². The van der Waals surface area contributed by atoms with Crippen LogP contribution in [0.4, 0.5) is 70.2 Å². The van der Waals surface area contributed by atoms with Gasteiger partial charge in [0.05, 0.1) is 0 Å². The van der Waals surface area contributed by atoms with E-state index in [0.717, 1.165) is 6.92 Å². The Kier molecular flexibility index (Phi) is 10.6. The number of esters is 1. The van der Waals surface area contributed by atoms with E-state index in [1.54, 1.807) is 0 Å². The summed E-state index contributed by atoms with van der Waals surface area (Å²) in [5.41, 5.74) is -0.459. The summed E-state index contributed by atoms with van der Waals surface area (Å²) in [7, 11) is 0. The van der Waals surface area contributed by atoms with Crippen LogP contribution in [0.15, 0.2) is 12.2 Å². The summed E-state index contributed by atoms with van der Waals surface area (Å²) in [4.78, 5) is 10.7. The fourth-order valence-electron chi connectivity index (χ4n) is 1.23. The highest BCUT2D eigenvalue weighted by molar-refractivity contribution is 5.86. The molecule has 3 nitrogen and oxygen atoms in total. The van der Waals surface area contributed by atoms with Gasteiger partial charge in [0.2, 0.25) is 0 Å². The molecule has 0 fully saturated rings. The zero-order valence-electron chi connectivity index (χ0n) is 15.6. The number of halogens is 16. The summed E-state index contributed by atoms with van der Waals surface area (Å²) in [6.45, 7) is -1.23. The van der Waals surface area contributed by atoms with Crippen molar-refractivity contribution in [2.45, 2.75) is 55.3 Å². The second-order valence-electron chi connectivity index (χ2n) is 5.92. The third-order valence-corrected chi connectivity index (χ3v) is 3.24. The van der Waals surface area contributed by atoms with Gasteiger partial charge in [0.1, 0.15) is 6.61 Å². The predicted octanol–water partition coefficient (Wildman–Crippen LogP) is 5.43. The molecule has 0 aliphatic rings. The van der Waals surface area contributed by atoms with E-state index in [-0.39, 0.29) is 0 Å². The van der Waals surface area contributed by atoms with Crippen LogP contribution in [0.3, 0.4) is 0 Å². The summed E-state index contributed by atoms with van der Waals surface area (Å²) < 4.78 is 197. The van der Waals surface area contributed by atoms with E-state index < -0.39 is 73.1 Å². The molecule has 0 aliphatic heterocycles. The molecule has 0 aromatic carbocycles. The lowest BCUT2D eigenvalue weighted by Crippen LogP contribution is -2.59. The van der Waals surface area contributed by atoms with Crippen molar-refractivity contribution in [2.24, 2.45) is 0 Å². The molecule has 0 amide bonds. The first kappa shape index (κ1) is 33.2. The highest BCUT2D eigenvalue weighted by Crippen LogP contribution is 2.49. The van der Waals surface area contributed by atoms with Crippen molar-refractivity contribution in [1.29, 1.82) is 0 Å². The maximum atomic E-state index is 12.8. The smallest absolute Gasteiger partial charge is 0.381 e. The number of alkyl halides is 16. The zero-order chi connectivity index (χ0) is 27.4. The van der Waals surface area contributed by atoms with E-state index in [1.165, 1.54) is 0 Å². The van der Waals surface area contributed by atoms with Gasteiger partial charge in [0.15, 0.2) is 6.61 Å². The molecule has 1 N–H and O–H groups in total. The molecule has 0 aliphatic carbocycles. The maximum absolute atomic E-state index is 12.8. The van der Waals surface area contributed by atoms with Gasteiger partial charge in [-0.25, -0.2) is 22.4 Å². The first-order valence-corrected chi connectivity index (χ1v) is 7.54. The third kappa shape index (κ3) is 6.78. The first-order valence-electron chi connectivity index (χ1n) is 7.54. The van der Waals surface area contributed by atoms with Crippen LogP contribution in [0.25, 0.3) is 0 Å². The average molecular weight is 532 g/mol. The predicted molar refractivity (Wildman–Crippen MR) is 74.5 cm³/mol. The molecule has 0 saturated heterocycles. The van der Waals surface area contributed by atoms with Crippen LogP contribution in [-0.4, -0.2) is 72.7 Å². The van der Waals surface area contributed by atoms with Crippen molar-refractivity contribution in [3.63, 3.8) is 0 Å². The molecule has 198 valence electrons. The standard InChI is InChI=1S/C9H8F8O2.C5H4F8O/c1-4(2)5(18)19-3-7(12,13)9(16,17)8(14,15)6(10)11;6-2(7)4(10,11)5(12,13)3(8,9)1-14/h6H,1,3H2,2H3;2,14H,1H2. The van der Waals surface area contributed by atoms with Gasteiger partial charge in [-0.15, -0.1) is 0 Å². The largest absolute Gasteiger partial charge is 0.456 e. The van der Waals surface area contributed by atoms with E-state index in [1.807, 2.05) is 0 Å². The molecule has 0 aromatic heterocycles. The number of ether oxygens (including phenoxy) is 1. The minimum atomic E-state index is -6.39. The van der Waals surface area contributed by atoms with E-state index >= 15 is 0 Å². The SMILES string of the molecule is C=C(C)C(=O)OCC(F)(F)C(F)(F)C(F)(F)C(F)F.OCC(F)(F)C(F)(F)C(F)(F)C(F)F. The number of carbonyl (C=O) groups excluding carboxylic acids is 1. The molecule has 0 aromatic rings. The van der Waals surface area contributed by atoms with Gasteiger partial charge in [-0.1, -0.05) is 6.58 Å².